The summed E-state index contributed by atoms with van der Waals surface area (Å²) in [7, 11) is 0. The van der Waals surface area contributed by atoms with Crippen LogP contribution in [0.5, 0.6) is 11.5 Å². The molecular weight excluding hydrogens is 234 g/mol. The van der Waals surface area contributed by atoms with Crippen molar-refractivity contribution < 1.29 is 19.4 Å². The lowest BCUT2D eigenvalue weighted by Crippen LogP contribution is -2.14. The van der Waals surface area contributed by atoms with Crippen LogP contribution in [0.15, 0.2) is 29.8 Å². The number of hydrogen-bond donors (Lipinski definition) is 2. The van der Waals surface area contributed by atoms with Gasteiger partial charge in [-0.05, 0) is 13.0 Å². The number of carboxylic acids is 1. The van der Waals surface area contributed by atoms with Gasteiger partial charge in [0.1, 0.15) is 0 Å². The molecular formula is C13H15NO4. The highest BCUT2D eigenvalue weighted by Gasteiger charge is 2.16. The lowest BCUT2D eigenvalue weighted by molar-refractivity contribution is -0.132. The highest BCUT2D eigenvalue weighted by molar-refractivity contribution is 5.85. The molecule has 2 rings (SSSR count). The van der Waals surface area contributed by atoms with Crippen molar-refractivity contribution >= 4 is 5.97 Å². The summed E-state index contributed by atoms with van der Waals surface area (Å²) in [5.74, 6) is 0.629. The second kappa shape index (κ2) is 5.55. The SMILES string of the molecule is C/C(=C/CNCc1cccc2c1OCO2)C(=O)O. The van der Waals surface area contributed by atoms with Gasteiger partial charge < -0.3 is 19.9 Å². The highest BCUT2D eigenvalue weighted by atomic mass is 16.7. The van der Waals surface area contributed by atoms with Crippen LogP contribution in [0.4, 0.5) is 0 Å². The van der Waals surface area contributed by atoms with Crippen molar-refractivity contribution in [3.05, 3.63) is 35.4 Å². The lowest BCUT2D eigenvalue weighted by atomic mass is 10.2. The molecule has 1 aromatic rings. The van der Waals surface area contributed by atoms with E-state index in [0.29, 0.717) is 18.7 Å². The van der Waals surface area contributed by atoms with Crippen molar-refractivity contribution in [3.63, 3.8) is 0 Å². The van der Waals surface area contributed by atoms with Gasteiger partial charge in [-0.1, -0.05) is 18.2 Å². The summed E-state index contributed by atoms with van der Waals surface area (Å²) in [6.45, 7) is 2.93. The Bertz CT molecular complexity index is 482. The van der Waals surface area contributed by atoms with E-state index < -0.39 is 5.97 Å². The molecule has 1 aliphatic heterocycles. The van der Waals surface area contributed by atoms with Crippen molar-refractivity contribution in [2.75, 3.05) is 13.3 Å². The first kappa shape index (κ1) is 12.4. The summed E-state index contributed by atoms with van der Waals surface area (Å²) in [5.41, 5.74) is 1.34. The van der Waals surface area contributed by atoms with Crippen LogP contribution in [0.3, 0.4) is 0 Å². The average Bonchev–Trinajstić information content (AvgIpc) is 2.83. The fourth-order valence-corrected chi connectivity index (χ4v) is 1.65. The smallest absolute Gasteiger partial charge is 0.330 e. The minimum Gasteiger partial charge on any atom is -0.478 e. The topological polar surface area (TPSA) is 67.8 Å². The number of carboxylic acid groups (broad SMARTS) is 1. The summed E-state index contributed by atoms with van der Waals surface area (Å²) < 4.78 is 10.6. The van der Waals surface area contributed by atoms with Gasteiger partial charge in [-0.3, -0.25) is 0 Å². The molecule has 0 amide bonds. The zero-order valence-corrected chi connectivity index (χ0v) is 10.1. The molecule has 18 heavy (non-hydrogen) atoms. The first-order chi connectivity index (χ1) is 8.68. The minimum absolute atomic E-state index is 0.254. The highest BCUT2D eigenvalue weighted by Crippen LogP contribution is 2.35. The summed E-state index contributed by atoms with van der Waals surface area (Å²) >= 11 is 0. The van der Waals surface area contributed by atoms with E-state index in [1.54, 1.807) is 13.0 Å². The van der Waals surface area contributed by atoms with Crippen molar-refractivity contribution in [1.82, 2.24) is 5.32 Å². The molecule has 0 aliphatic carbocycles. The van der Waals surface area contributed by atoms with Gasteiger partial charge in [-0.2, -0.15) is 0 Å². The Hall–Kier alpha value is -2.01. The van der Waals surface area contributed by atoms with Crippen molar-refractivity contribution in [3.8, 4) is 11.5 Å². The first-order valence-electron chi connectivity index (χ1n) is 5.66. The fourth-order valence-electron chi connectivity index (χ4n) is 1.65. The largest absolute Gasteiger partial charge is 0.478 e. The Morgan fingerprint density at radius 1 is 1.50 bits per heavy atom. The molecule has 0 saturated heterocycles. The molecule has 0 saturated carbocycles. The van der Waals surface area contributed by atoms with Crippen molar-refractivity contribution in [2.24, 2.45) is 0 Å². The molecule has 1 heterocycles. The number of benzene rings is 1. The van der Waals surface area contributed by atoms with Gasteiger partial charge in [0.15, 0.2) is 11.5 Å². The molecule has 0 spiro atoms. The predicted molar refractivity (Wildman–Crippen MR) is 65.7 cm³/mol. The van der Waals surface area contributed by atoms with Crippen LogP contribution in [0.25, 0.3) is 0 Å². The number of rotatable bonds is 5. The quantitative estimate of drug-likeness (QED) is 0.612. The molecule has 2 N–H and O–H groups in total. The maximum absolute atomic E-state index is 10.6. The molecule has 5 nitrogen and oxygen atoms in total. The zero-order valence-electron chi connectivity index (χ0n) is 10.1. The van der Waals surface area contributed by atoms with Gasteiger partial charge in [0, 0.05) is 24.2 Å². The molecule has 0 atom stereocenters. The van der Waals surface area contributed by atoms with Gasteiger partial charge >= 0.3 is 5.97 Å². The van der Waals surface area contributed by atoms with E-state index in [4.69, 9.17) is 14.6 Å². The van der Waals surface area contributed by atoms with E-state index in [0.717, 1.165) is 17.1 Å². The van der Waals surface area contributed by atoms with Crippen LogP contribution >= 0.6 is 0 Å². The number of fused-ring (bicyclic) bond motifs is 1. The van der Waals surface area contributed by atoms with Gasteiger partial charge in [0.25, 0.3) is 0 Å². The Balaban J connectivity index is 1.90. The third-order valence-corrected chi connectivity index (χ3v) is 2.68. The maximum atomic E-state index is 10.6. The second-order valence-corrected chi connectivity index (χ2v) is 3.97. The number of aliphatic carboxylic acids is 1. The number of carbonyl (C=O) groups is 1. The van der Waals surface area contributed by atoms with E-state index >= 15 is 0 Å². The van der Waals surface area contributed by atoms with Gasteiger partial charge in [-0.15, -0.1) is 0 Å². The summed E-state index contributed by atoms with van der Waals surface area (Å²) in [6.07, 6.45) is 1.64. The number of nitrogens with one attached hydrogen (secondary N) is 1. The summed E-state index contributed by atoms with van der Waals surface area (Å²) in [5, 5.41) is 11.8. The van der Waals surface area contributed by atoms with Crippen molar-refractivity contribution in [1.29, 1.82) is 0 Å². The second-order valence-electron chi connectivity index (χ2n) is 3.97. The van der Waals surface area contributed by atoms with Crippen molar-refractivity contribution in [2.45, 2.75) is 13.5 Å². The third-order valence-electron chi connectivity index (χ3n) is 2.68. The molecule has 1 aliphatic rings. The standard InChI is InChI=1S/C13H15NO4/c1-9(13(15)16)5-6-14-7-10-3-2-4-11-12(10)18-8-17-11/h2-5,14H,6-8H2,1H3,(H,15,16)/b9-5-. The molecule has 0 fully saturated rings. The fraction of sp³-hybridized carbons (Fsp3) is 0.308. The monoisotopic (exact) mass is 249 g/mol. The van der Waals surface area contributed by atoms with E-state index in [9.17, 15) is 4.79 Å². The third kappa shape index (κ3) is 2.81. The Labute approximate surface area is 105 Å². The molecule has 1 aromatic carbocycles. The van der Waals surface area contributed by atoms with E-state index in [1.807, 2.05) is 18.2 Å². The minimum atomic E-state index is -0.894. The van der Waals surface area contributed by atoms with Gasteiger partial charge in [0.2, 0.25) is 6.79 Å². The van der Waals surface area contributed by atoms with Crippen LogP contribution in [-0.2, 0) is 11.3 Å². The lowest BCUT2D eigenvalue weighted by Gasteiger charge is -2.06. The normalized spacial score (nSPS) is 13.7. The average molecular weight is 249 g/mol. The number of para-hydroxylation sites is 1. The molecule has 96 valence electrons. The Morgan fingerprint density at radius 2 is 2.33 bits per heavy atom. The number of ether oxygens (including phenoxy) is 2. The first-order valence-corrected chi connectivity index (χ1v) is 5.66. The van der Waals surface area contributed by atoms with Crippen LogP contribution in [0.1, 0.15) is 12.5 Å². The van der Waals surface area contributed by atoms with Crippen LogP contribution in [-0.4, -0.2) is 24.4 Å². The molecule has 0 unspecified atom stereocenters. The van der Waals surface area contributed by atoms with E-state index in [1.165, 1.54) is 0 Å². The predicted octanol–water partition coefficient (Wildman–Crippen LogP) is 1.54. The maximum Gasteiger partial charge on any atom is 0.330 e. The number of hydrogen-bond acceptors (Lipinski definition) is 4. The molecule has 5 heteroatoms. The zero-order chi connectivity index (χ0) is 13.0. The van der Waals surface area contributed by atoms with Crippen LogP contribution in [0, 0.1) is 0 Å². The molecule has 0 aromatic heterocycles. The Morgan fingerprint density at radius 3 is 3.11 bits per heavy atom. The van der Waals surface area contributed by atoms with Gasteiger partial charge in [-0.25, -0.2) is 4.79 Å². The van der Waals surface area contributed by atoms with Crippen LogP contribution in [0.2, 0.25) is 0 Å². The van der Waals surface area contributed by atoms with E-state index in [2.05, 4.69) is 5.32 Å². The van der Waals surface area contributed by atoms with Gasteiger partial charge in [0.05, 0.1) is 0 Å². The van der Waals surface area contributed by atoms with E-state index in [-0.39, 0.29) is 6.79 Å². The molecule has 0 bridgehead atoms. The van der Waals surface area contributed by atoms with Crippen LogP contribution < -0.4 is 14.8 Å². The summed E-state index contributed by atoms with van der Waals surface area (Å²) in [6, 6.07) is 5.72. The molecule has 0 radical (unpaired) electrons. The Kier molecular flexibility index (Phi) is 3.84. The summed E-state index contributed by atoms with van der Waals surface area (Å²) in [4.78, 5) is 10.6.